The molecule has 0 saturated heterocycles. The number of rotatable bonds is 18. The normalized spacial score (nSPS) is 10.8. The van der Waals surface area contributed by atoms with E-state index in [-0.39, 0.29) is 52.0 Å². The molecule has 0 aliphatic heterocycles. The van der Waals surface area contributed by atoms with E-state index in [2.05, 4.69) is 240 Å². The molecule has 548 valence electrons. The van der Waals surface area contributed by atoms with E-state index in [1.165, 1.54) is 21.5 Å². The monoisotopic (exact) mass is 1800 g/mol. The molecular weight excluding hydrogens is 1710 g/mol. The Kier molecular flexibility index (Phi) is 34.5. The minimum absolute atomic E-state index is 0. The van der Waals surface area contributed by atoms with Crippen LogP contribution in [0.5, 0.6) is 23.0 Å². The number of aromatic nitrogens is 2. The summed E-state index contributed by atoms with van der Waals surface area (Å²) in [4.78, 5) is 9.07. The van der Waals surface area contributed by atoms with Gasteiger partial charge in [-0.2, -0.15) is 98.5 Å². The minimum Gasteiger partial charge on any atom is -0.506 e. The Hall–Kier alpha value is -8.53. The third-order valence-corrected chi connectivity index (χ3v) is 19.3. The molecule has 14 heteroatoms. The van der Waals surface area contributed by atoms with Gasteiger partial charge in [-0.3, -0.25) is 9.80 Å². The first-order valence-electron chi connectivity index (χ1n) is 35.8. The van der Waals surface area contributed by atoms with Gasteiger partial charge in [0.15, 0.2) is 0 Å². The molecule has 0 amide bonds. The first-order chi connectivity index (χ1) is 51.0. The maximum Gasteiger partial charge on any atom is 4.00 e. The molecule has 108 heavy (non-hydrogen) atoms. The summed E-state index contributed by atoms with van der Waals surface area (Å²) in [5.74, 6) is 1.23. The number of fused-ring (bicyclic) bond motifs is 6. The quantitative estimate of drug-likeness (QED) is 0.0498. The smallest absolute Gasteiger partial charge is 0.506 e. The number of phenolic OH excluding ortho intramolecular Hbond substituents is 4. The molecule has 2 heterocycles. The predicted octanol–water partition coefficient (Wildman–Crippen LogP) is 21.8. The Bertz CT molecular complexity index is 4610. The summed E-state index contributed by atoms with van der Waals surface area (Å²) in [5, 5.41) is 49.4. The van der Waals surface area contributed by atoms with Gasteiger partial charge in [0.2, 0.25) is 0 Å². The molecule has 0 saturated carbocycles. The average molecular weight is 1810 g/mol. The second-order valence-electron chi connectivity index (χ2n) is 27.4. The Labute approximate surface area is 696 Å². The van der Waals surface area contributed by atoms with Crippen LogP contribution in [-0.2, 0) is 78.0 Å². The Balaban J connectivity index is 0.000000217. The number of para-hydroxylation sites is 4. The fourth-order valence-electron chi connectivity index (χ4n) is 12.8. The summed E-state index contributed by atoms with van der Waals surface area (Å²) in [6.07, 6.45) is 1.43. The molecule has 14 aromatic rings. The molecule has 0 atom stereocenters. The number of hydrogen-bond donors (Lipinski definition) is 4. The molecule has 0 unspecified atom stereocenters. The van der Waals surface area contributed by atoms with Crippen molar-refractivity contribution in [2.24, 2.45) is 0 Å². The number of phenols is 4. The van der Waals surface area contributed by atoms with Gasteiger partial charge in [0.25, 0.3) is 0 Å². The largest absolute Gasteiger partial charge is 4.00 e. The van der Waals surface area contributed by atoms with Gasteiger partial charge in [0, 0.05) is 85.0 Å². The Morgan fingerprint density at radius 3 is 0.796 bits per heavy atom. The van der Waals surface area contributed by atoms with Gasteiger partial charge in [0.05, 0.1) is 42.4 Å². The van der Waals surface area contributed by atoms with E-state index in [0.717, 1.165) is 148 Å². The summed E-state index contributed by atoms with van der Waals surface area (Å²) in [6, 6.07) is 89.3. The van der Waals surface area contributed by atoms with Crippen molar-refractivity contribution in [2.75, 3.05) is 67.5 Å². The molecule has 0 radical (unpaired) electrons. The number of halogens is 2. The molecule has 4 N–H and O–H groups in total. The van der Waals surface area contributed by atoms with Crippen LogP contribution in [0.2, 0.25) is 0 Å². The standard InChI is InChI=1S/2C33H36BrN3O2.4C7H7.Hf.Zr/c2*1-22-17-24(32(38)28(34)19-22)13-14-36(16-15-35(3)4)21-25-18-23(2)20-31(33(25)39)37-29-11-7-5-9-26(29)27-10-6-8-12-30(27)37;4*1-7-5-3-2-4-6-7;;/h2*5-12,17-20,38-39H,13-16,21H2,1-4H3;4*2-6H,1H2;;/q;;4*-1;2*+4. The Morgan fingerprint density at radius 2 is 0.546 bits per heavy atom. The maximum absolute atomic E-state index is 11.7. The molecule has 0 fully saturated rings. The third-order valence-electron chi connectivity index (χ3n) is 18.1. The molecule has 12 aromatic carbocycles. The van der Waals surface area contributed by atoms with Crippen LogP contribution >= 0.6 is 31.9 Å². The fraction of sp³-hybridized carbons (Fsp3) is 0.191. The number of hydrogen-bond acceptors (Lipinski definition) is 8. The van der Waals surface area contributed by atoms with Crippen molar-refractivity contribution in [3.05, 3.63) is 370 Å². The molecule has 0 aliphatic carbocycles. The topological polar surface area (TPSA) is 104 Å². The summed E-state index contributed by atoms with van der Waals surface area (Å²) in [6.45, 7) is 29.4. The molecule has 0 bridgehead atoms. The average Bonchev–Trinajstić information content (AvgIpc) is 1.59. The maximum atomic E-state index is 11.7. The van der Waals surface area contributed by atoms with Crippen molar-refractivity contribution in [2.45, 2.75) is 53.6 Å². The van der Waals surface area contributed by atoms with Gasteiger partial charge >= 0.3 is 52.0 Å². The van der Waals surface area contributed by atoms with Crippen LogP contribution in [0.15, 0.2) is 276 Å². The van der Waals surface area contributed by atoms with Crippen LogP contribution in [0.3, 0.4) is 0 Å². The second-order valence-corrected chi connectivity index (χ2v) is 29.1. The van der Waals surface area contributed by atoms with E-state index >= 15 is 0 Å². The van der Waals surface area contributed by atoms with Gasteiger partial charge in [-0.1, -0.05) is 121 Å². The van der Waals surface area contributed by atoms with Crippen LogP contribution in [-0.4, -0.2) is 117 Å². The van der Waals surface area contributed by atoms with Gasteiger partial charge < -0.3 is 39.4 Å². The van der Waals surface area contributed by atoms with Gasteiger partial charge in [-0.15, -0.1) is 48.5 Å². The van der Waals surface area contributed by atoms with Crippen molar-refractivity contribution in [3.63, 3.8) is 0 Å². The zero-order valence-corrected chi connectivity index (χ0v) is 72.8. The van der Waals surface area contributed by atoms with E-state index in [4.69, 9.17) is 0 Å². The number of aromatic hydroxyl groups is 4. The SMILES string of the molecule is Cc1cc(Br)c(O)c(CCN(CCN(C)C)Cc2cc(C)cc(-n3c4ccccc4c4ccccc43)c2O)c1.Cc1cc(Br)c(O)c(CCN(CCN(C)C)Cc2cc(C)cc(-n3c4ccccc4c4ccccc43)c2O)c1.[CH2-]c1ccccc1.[CH2-]c1ccccc1.[CH2-]c1ccccc1.[CH2-]c1ccccc1.[Hf+4].[Zr+4]. The number of benzene rings is 12. The number of aryl methyl sites for hydroxylation is 4. The summed E-state index contributed by atoms with van der Waals surface area (Å²) < 4.78 is 5.82. The summed E-state index contributed by atoms with van der Waals surface area (Å²) >= 11 is 6.96. The zero-order chi connectivity index (χ0) is 75.8. The predicted molar refractivity (Wildman–Crippen MR) is 454 cm³/mol. The molecule has 10 nitrogen and oxygen atoms in total. The number of likely N-dealkylation sites (N-methyl/N-ethyl adjacent to an activating group) is 2. The Morgan fingerprint density at radius 1 is 0.306 bits per heavy atom. The second kappa shape index (κ2) is 43.0. The molecule has 0 spiro atoms. The summed E-state index contributed by atoms with van der Waals surface area (Å²) in [7, 11) is 8.30. The van der Waals surface area contributed by atoms with Gasteiger partial charge in [-0.05, 0) is 182 Å². The first-order valence-corrected chi connectivity index (χ1v) is 37.4. The fourth-order valence-corrected chi connectivity index (χ4v) is 14.0. The van der Waals surface area contributed by atoms with E-state index in [0.29, 0.717) is 48.9 Å². The van der Waals surface area contributed by atoms with Crippen LogP contribution in [0.1, 0.15) is 66.8 Å². The van der Waals surface area contributed by atoms with E-state index < -0.39 is 0 Å². The van der Waals surface area contributed by atoms with Crippen LogP contribution in [0.25, 0.3) is 55.0 Å². The van der Waals surface area contributed by atoms with Gasteiger partial charge in [0.1, 0.15) is 23.0 Å². The molecule has 14 rings (SSSR count). The molecular formula is C94H100Br2HfN6O4Zr+4. The van der Waals surface area contributed by atoms with Crippen molar-refractivity contribution in [1.82, 2.24) is 28.7 Å². The van der Waals surface area contributed by atoms with Crippen molar-refractivity contribution < 1.29 is 72.5 Å². The number of nitrogens with zero attached hydrogens (tertiary/aromatic N) is 6. The first kappa shape index (κ1) is 86.7. The van der Waals surface area contributed by atoms with Gasteiger partial charge in [-0.25, -0.2) is 0 Å². The zero-order valence-electron chi connectivity index (χ0n) is 63.5. The van der Waals surface area contributed by atoms with E-state index in [1.807, 2.05) is 172 Å². The van der Waals surface area contributed by atoms with E-state index in [9.17, 15) is 20.4 Å². The van der Waals surface area contributed by atoms with Crippen molar-refractivity contribution in [3.8, 4) is 34.4 Å². The van der Waals surface area contributed by atoms with Crippen LogP contribution in [0, 0.1) is 55.4 Å². The van der Waals surface area contributed by atoms with Crippen molar-refractivity contribution >= 4 is 75.5 Å². The third kappa shape index (κ3) is 24.7. The van der Waals surface area contributed by atoms with Crippen LogP contribution in [0.4, 0.5) is 0 Å². The van der Waals surface area contributed by atoms with Crippen LogP contribution < -0.4 is 0 Å². The van der Waals surface area contributed by atoms with E-state index in [1.54, 1.807) is 0 Å². The summed E-state index contributed by atoms with van der Waals surface area (Å²) in [5.41, 5.74) is 18.3. The molecule has 2 aromatic heterocycles. The minimum atomic E-state index is 0. The van der Waals surface area contributed by atoms with Crippen molar-refractivity contribution in [1.29, 1.82) is 0 Å². The molecule has 0 aliphatic rings.